The Morgan fingerprint density at radius 1 is 1.11 bits per heavy atom. The lowest BCUT2D eigenvalue weighted by atomic mass is 10.2. The summed E-state index contributed by atoms with van der Waals surface area (Å²) in [5.74, 6) is 0.599. The second kappa shape index (κ2) is 5.07. The Morgan fingerprint density at radius 2 is 1.89 bits per heavy atom. The summed E-state index contributed by atoms with van der Waals surface area (Å²) in [7, 11) is -3.26. The molecule has 0 aromatic rings. The molecule has 3 fully saturated rings. The average Bonchev–Trinajstić information content (AvgIpc) is 3.21. The lowest BCUT2D eigenvalue weighted by molar-refractivity contribution is 0.353. The molecule has 0 bridgehead atoms. The van der Waals surface area contributed by atoms with Crippen molar-refractivity contribution in [2.24, 2.45) is 5.92 Å². The van der Waals surface area contributed by atoms with Crippen LogP contribution in [0.15, 0.2) is 0 Å². The molecule has 0 aromatic carbocycles. The fourth-order valence-electron chi connectivity index (χ4n) is 2.50. The van der Waals surface area contributed by atoms with Crippen LogP contribution in [-0.4, -0.2) is 44.4 Å². The van der Waals surface area contributed by atoms with E-state index in [9.17, 15) is 8.42 Å². The summed E-state index contributed by atoms with van der Waals surface area (Å²) in [4.78, 5) is 0. The van der Waals surface area contributed by atoms with Gasteiger partial charge in [0, 0.05) is 25.2 Å². The lowest BCUT2D eigenvalue weighted by Crippen LogP contribution is -2.47. The molecule has 3 rings (SSSR count). The molecule has 1 saturated heterocycles. The number of nitrogens with zero attached hydrogens (tertiary/aromatic N) is 1. The van der Waals surface area contributed by atoms with Crippen LogP contribution in [0.25, 0.3) is 0 Å². The van der Waals surface area contributed by atoms with Crippen molar-refractivity contribution >= 4 is 10.2 Å². The van der Waals surface area contributed by atoms with Gasteiger partial charge in [0.15, 0.2) is 0 Å². The molecule has 6 heteroatoms. The fourth-order valence-corrected chi connectivity index (χ4v) is 4.09. The fraction of sp³-hybridized carbons (Fsp3) is 1.00. The van der Waals surface area contributed by atoms with Crippen LogP contribution in [0, 0.1) is 5.92 Å². The van der Waals surface area contributed by atoms with Gasteiger partial charge >= 0.3 is 0 Å². The third-order valence-electron chi connectivity index (χ3n) is 3.98. The van der Waals surface area contributed by atoms with Crippen LogP contribution in [0.1, 0.15) is 38.5 Å². The molecule has 0 amide bonds. The first-order valence-electron chi connectivity index (χ1n) is 7.14. The number of hydrogen-bond donors (Lipinski definition) is 2. The zero-order chi connectivity index (χ0) is 12.6. The van der Waals surface area contributed by atoms with E-state index in [4.69, 9.17) is 0 Å². The summed E-state index contributed by atoms with van der Waals surface area (Å²) >= 11 is 0. The molecule has 2 aliphatic carbocycles. The Balaban J connectivity index is 1.62. The van der Waals surface area contributed by atoms with Crippen molar-refractivity contribution in [2.45, 2.75) is 50.6 Å². The van der Waals surface area contributed by atoms with Crippen LogP contribution in [-0.2, 0) is 10.2 Å². The van der Waals surface area contributed by atoms with Crippen molar-refractivity contribution in [3.63, 3.8) is 0 Å². The van der Waals surface area contributed by atoms with Crippen LogP contribution in [0.4, 0.5) is 0 Å². The van der Waals surface area contributed by atoms with E-state index in [1.54, 1.807) is 4.31 Å². The van der Waals surface area contributed by atoms with E-state index < -0.39 is 10.2 Å². The van der Waals surface area contributed by atoms with E-state index in [1.807, 2.05) is 0 Å². The van der Waals surface area contributed by atoms with E-state index >= 15 is 0 Å². The maximum Gasteiger partial charge on any atom is 0.279 e. The van der Waals surface area contributed by atoms with Crippen LogP contribution in [0.2, 0.25) is 0 Å². The first-order valence-corrected chi connectivity index (χ1v) is 8.58. The minimum absolute atomic E-state index is 0.202. The van der Waals surface area contributed by atoms with Crippen LogP contribution < -0.4 is 10.0 Å². The van der Waals surface area contributed by atoms with E-state index in [0.717, 1.165) is 32.2 Å². The highest BCUT2D eigenvalue weighted by molar-refractivity contribution is 7.87. The molecule has 1 unspecified atom stereocenters. The van der Waals surface area contributed by atoms with Crippen LogP contribution >= 0.6 is 0 Å². The molecule has 1 aliphatic heterocycles. The summed E-state index contributed by atoms with van der Waals surface area (Å²) in [5, 5.41) is 3.39. The highest BCUT2D eigenvalue weighted by atomic mass is 32.2. The van der Waals surface area contributed by atoms with Gasteiger partial charge in [-0.25, -0.2) is 0 Å². The monoisotopic (exact) mass is 273 g/mol. The Hall–Kier alpha value is -0.170. The molecule has 0 aromatic heterocycles. The largest absolute Gasteiger partial charge is 0.313 e. The molecular weight excluding hydrogens is 250 g/mol. The van der Waals surface area contributed by atoms with Crippen molar-refractivity contribution in [2.75, 3.05) is 19.6 Å². The Labute approximate surface area is 109 Å². The van der Waals surface area contributed by atoms with Gasteiger partial charge < -0.3 is 5.32 Å². The second-order valence-corrected chi connectivity index (χ2v) is 7.65. The summed E-state index contributed by atoms with van der Waals surface area (Å²) < 4.78 is 29.1. The molecule has 104 valence electrons. The highest BCUT2D eigenvalue weighted by Crippen LogP contribution is 2.31. The molecule has 1 atom stereocenters. The van der Waals surface area contributed by atoms with E-state index in [2.05, 4.69) is 10.0 Å². The standard InChI is InChI=1S/C12H23N3O2S/c16-18(17,14-11-5-6-11)15(8-10-3-4-10)9-12-2-1-7-13-12/h10-14H,1-9H2. The summed E-state index contributed by atoms with van der Waals surface area (Å²) in [5.41, 5.74) is 0. The highest BCUT2D eigenvalue weighted by Gasteiger charge is 2.35. The van der Waals surface area contributed by atoms with E-state index in [0.29, 0.717) is 25.0 Å². The maximum atomic E-state index is 12.3. The van der Waals surface area contributed by atoms with Crippen molar-refractivity contribution in [3.05, 3.63) is 0 Å². The minimum atomic E-state index is -3.26. The number of hydrogen-bond acceptors (Lipinski definition) is 3. The predicted octanol–water partition coefficient (Wildman–Crippen LogP) is 0.447. The van der Waals surface area contributed by atoms with Gasteiger partial charge in [-0.2, -0.15) is 17.4 Å². The number of nitrogens with one attached hydrogen (secondary N) is 2. The van der Waals surface area contributed by atoms with Gasteiger partial charge in [-0.1, -0.05) is 0 Å². The molecule has 5 nitrogen and oxygen atoms in total. The normalized spacial score (nSPS) is 29.1. The zero-order valence-corrected chi connectivity index (χ0v) is 11.6. The SMILES string of the molecule is O=S(=O)(NC1CC1)N(CC1CC1)CC1CCCN1. The topological polar surface area (TPSA) is 61.4 Å². The first-order chi connectivity index (χ1) is 8.63. The van der Waals surface area contributed by atoms with Gasteiger partial charge in [-0.15, -0.1) is 0 Å². The maximum absolute atomic E-state index is 12.3. The third kappa shape index (κ3) is 3.44. The second-order valence-electron chi connectivity index (χ2n) is 5.95. The van der Waals surface area contributed by atoms with E-state index in [1.165, 1.54) is 12.8 Å². The Morgan fingerprint density at radius 3 is 2.44 bits per heavy atom. The lowest BCUT2D eigenvalue weighted by Gasteiger charge is -2.25. The van der Waals surface area contributed by atoms with Crippen molar-refractivity contribution in [1.82, 2.24) is 14.3 Å². The average molecular weight is 273 g/mol. The van der Waals surface area contributed by atoms with Crippen molar-refractivity contribution in [3.8, 4) is 0 Å². The van der Waals surface area contributed by atoms with Gasteiger partial charge in [0.05, 0.1) is 0 Å². The minimum Gasteiger partial charge on any atom is -0.313 e. The van der Waals surface area contributed by atoms with Gasteiger partial charge in [-0.05, 0) is 51.0 Å². The molecule has 0 spiro atoms. The molecule has 2 N–H and O–H groups in total. The zero-order valence-electron chi connectivity index (χ0n) is 10.8. The first kappa shape index (κ1) is 12.8. The predicted molar refractivity (Wildman–Crippen MR) is 70.4 cm³/mol. The Bertz CT molecular complexity index is 384. The van der Waals surface area contributed by atoms with Gasteiger partial charge in [-0.3, -0.25) is 0 Å². The summed E-state index contributed by atoms with van der Waals surface area (Å²) in [6.07, 6.45) is 6.63. The molecular formula is C12H23N3O2S. The molecule has 0 radical (unpaired) electrons. The molecule has 1 heterocycles. The smallest absolute Gasteiger partial charge is 0.279 e. The quantitative estimate of drug-likeness (QED) is 0.708. The summed E-state index contributed by atoms with van der Waals surface area (Å²) in [6, 6.07) is 0.549. The van der Waals surface area contributed by atoms with Gasteiger partial charge in [0.1, 0.15) is 0 Å². The Kier molecular flexibility index (Phi) is 3.62. The van der Waals surface area contributed by atoms with Crippen molar-refractivity contribution < 1.29 is 8.42 Å². The van der Waals surface area contributed by atoms with Gasteiger partial charge in [0.25, 0.3) is 10.2 Å². The third-order valence-corrected chi connectivity index (χ3v) is 5.59. The molecule has 3 aliphatic rings. The van der Waals surface area contributed by atoms with Gasteiger partial charge in [0.2, 0.25) is 0 Å². The molecule has 18 heavy (non-hydrogen) atoms. The summed E-state index contributed by atoms with van der Waals surface area (Å²) in [6.45, 7) is 2.37. The molecule has 2 saturated carbocycles. The van der Waals surface area contributed by atoms with Crippen LogP contribution in [0.3, 0.4) is 0 Å². The van der Waals surface area contributed by atoms with Crippen molar-refractivity contribution in [1.29, 1.82) is 0 Å². The van der Waals surface area contributed by atoms with Crippen LogP contribution in [0.5, 0.6) is 0 Å². The number of rotatable bonds is 7. The van der Waals surface area contributed by atoms with E-state index in [-0.39, 0.29) is 6.04 Å².